The van der Waals surface area contributed by atoms with Crippen molar-refractivity contribution in [1.82, 2.24) is 0 Å². The average Bonchev–Trinajstić information content (AvgIpc) is 2.03. The van der Waals surface area contributed by atoms with E-state index in [0.29, 0.717) is 5.02 Å². The van der Waals surface area contributed by atoms with Gasteiger partial charge >= 0.3 is 5.97 Å². The van der Waals surface area contributed by atoms with Crippen LogP contribution in [0.15, 0.2) is 18.2 Å². The molecule has 1 aromatic rings. The Bertz CT molecular complexity index is 376. The maximum absolute atomic E-state index is 10.5. The molecule has 0 spiro atoms. The Hall–Kier alpha value is -1.55. The number of carbonyl (C=O) groups is 1. The molecule has 0 aliphatic carbocycles. The number of carboxylic acids is 1. The Labute approximate surface area is 79.4 Å². The van der Waals surface area contributed by atoms with Crippen LogP contribution in [0.4, 0.5) is 5.69 Å². The van der Waals surface area contributed by atoms with Gasteiger partial charge in [-0.1, -0.05) is 11.6 Å². The largest absolute Gasteiger partial charge is 0.473 e. The third-order valence-corrected chi connectivity index (χ3v) is 1.77. The Morgan fingerprint density at radius 3 is 2.62 bits per heavy atom. The van der Waals surface area contributed by atoms with Crippen molar-refractivity contribution in [3.05, 3.63) is 28.8 Å². The van der Waals surface area contributed by atoms with Crippen molar-refractivity contribution in [3.8, 4) is 0 Å². The van der Waals surface area contributed by atoms with Gasteiger partial charge in [-0.2, -0.15) is 0 Å². The van der Waals surface area contributed by atoms with Crippen molar-refractivity contribution in [3.63, 3.8) is 0 Å². The predicted octanol–water partition coefficient (Wildman–Crippen LogP) is -0.445. The number of benzene rings is 1. The van der Waals surface area contributed by atoms with Gasteiger partial charge < -0.3 is 10.8 Å². The highest BCUT2D eigenvalue weighted by molar-refractivity contribution is 6.41. The SMILES string of the molecule is Nc1cc(Cl)ccc1C(=[NH2+])C(=O)O. The Morgan fingerprint density at radius 1 is 1.54 bits per heavy atom. The van der Waals surface area contributed by atoms with E-state index in [9.17, 15) is 4.79 Å². The standard InChI is InChI=1S/C8H7ClN2O2/c9-4-1-2-5(6(10)3-4)7(11)8(12)13/h1-3,11H,10H2,(H,12,13)/p+1. The van der Waals surface area contributed by atoms with Crippen LogP contribution >= 0.6 is 11.6 Å². The minimum absolute atomic E-state index is 0.257. The molecule has 0 bridgehead atoms. The molecule has 1 aromatic carbocycles. The molecule has 0 aromatic heterocycles. The molecule has 5 heteroatoms. The molecular formula is C8H8ClN2O2+. The molecule has 0 atom stereocenters. The van der Waals surface area contributed by atoms with Crippen molar-refractivity contribution >= 4 is 29.0 Å². The quantitative estimate of drug-likeness (QED) is 0.446. The molecule has 0 heterocycles. The summed E-state index contributed by atoms with van der Waals surface area (Å²) in [6.07, 6.45) is 0. The molecule has 0 unspecified atom stereocenters. The van der Waals surface area contributed by atoms with Gasteiger partial charge in [-0.05, 0) is 18.2 Å². The Balaban J connectivity index is 3.16. The minimum atomic E-state index is -1.20. The Morgan fingerprint density at radius 2 is 2.15 bits per heavy atom. The van der Waals surface area contributed by atoms with E-state index in [1.54, 1.807) is 0 Å². The summed E-state index contributed by atoms with van der Waals surface area (Å²) in [4.78, 5) is 10.5. The molecule has 4 nitrogen and oxygen atoms in total. The number of halogens is 1. The number of nitrogen functional groups attached to an aromatic ring is 1. The van der Waals surface area contributed by atoms with Crippen molar-refractivity contribution in [2.45, 2.75) is 0 Å². The van der Waals surface area contributed by atoms with Crippen LogP contribution in [0, 0.1) is 0 Å². The van der Waals surface area contributed by atoms with Gasteiger partial charge in [0.2, 0.25) is 0 Å². The fraction of sp³-hybridized carbons (Fsp3) is 0. The van der Waals surface area contributed by atoms with Crippen LogP contribution < -0.4 is 11.1 Å². The molecule has 13 heavy (non-hydrogen) atoms. The van der Waals surface area contributed by atoms with E-state index in [4.69, 9.17) is 27.9 Å². The number of anilines is 1. The van der Waals surface area contributed by atoms with Gasteiger partial charge in [0.05, 0.1) is 5.56 Å². The van der Waals surface area contributed by atoms with Gasteiger partial charge in [0.1, 0.15) is 0 Å². The second kappa shape index (κ2) is 3.45. The maximum Gasteiger partial charge on any atom is 0.401 e. The van der Waals surface area contributed by atoms with Crippen LogP contribution in [0.2, 0.25) is 5.02 Å². The van der Waals surface area contributed by atoms with Crippen molar-refractivity contribution in [2.24, 2.45) is 0 Å². The summed E-state index contributed by atoms with van der Waals surface area (Å²) in [5.74, 6) is -1.20. The highest BCUT2D eigenvalue weighted by Gasteiger charge is 2.18. The molecule has 0 saturated carbocycles. The summed E-state index contributed by atoms with van der Waals surface area (Å²) < 4.78 is 0. The first-order valence-corrected chi connectivity index (χ1v) is 3.81. The van der Waals surface area contributed by atoms with E-state index in [0.717, 1.165) is 0 Å². The number of aliphatic carboxylic acids is 1. The summed E-state index contributed by atoms with van der Waals surface area (Å²) >= 11 is 5.62. The number of carboxylic acid groups (broad SMARTS) is 1. The zero-order valence-electron chi connectivity index (χ0n) is 6.62. The number of rotatable bonds is 2. The molecule has 5 N–H and O–H groups in total. The highest BCUT2D eigenvalue weighted by atomic mass is 35.5. The first-order chi connectivity index (χ1) is 6.02. The lowest BCUT2D eigenvalue weighted by atomic mass is 10.1. The lowest BCUT2D eigenvalue weighted by Gasteiger charge is -1.99. The minimum Gasteiger partial charge on any atom is -0.473 e. The normalized spacial score (nSPS) is 9.62. The zero-order valence-corrected chi connectivity index (χ0v) is 7.38. The highest BCUT2D eigenvalue weighted by Crippen LogP contribution is 2.17. The van der Waals surface area contributed by atoms with Crippen molar-refractivity contribution in [2.75, 3.05) is 5.73 Å². The van der Waals surface area contributed by atoms with E-state index in [1.165, 1.54) is 18.2 Å². The molecular weight excluding hydrogens is 192 g/mol. The van der Waals surface area contributed by atoms with Gasteiger partial charge in [-0.3, -0.25) is 0 Å². The van der Waals surface area contributed by atoms with Crippen LogP contribution in [0.5, 0.6) is 0 Å². The summed E-state index contributed by atoms with van der Waals surface area (Å²) in [6, 6.07) is 4.46. The smallest absolute Gasteiger partial charge is 0.401 e. The maximum atomic E-state index is 10.5. The molecule has 1 rings (SSSR count). The summed E-state index contributed by atoms with van der Waals surface area (Å²) in [6.45, 7) is 0. The van der Waals surface area contributed by atoms with Gasteiger partial charge in [0.15, 0.2) is 0 Å². The third kappa shape index (κ3) is 1.97. The van der Waals surface area contributed by atoms with E-state index in [2.05, 4.69) is 0 Å². The first-order valence-electron chi connectivity index (χ1n) is 3.43. The second-order valence-electron chi connectivity index (χ2n) is 2.45. The monoisotopic (exact) mass is 199 g/mol. The topological polar surface area (TPSA) is 88.9 Å². The van der Waals surface area contributed by atoms with E-state index < -0.39 is 5.97 Å². The van der Waals surface area contributed by atoms with E-state index in [1.807, 2.05) is 0 Å². The predicted molar refractivity (Wildman–Crippen MR) is 49.5 cm³/mol. The van der Waals surface area contributed by atoms with Gasteiger partial charge in [-0.25, -0.2) is 10.2 Å². The lowest BCUT2D eigenvalue weighted by molar-refractivity contribution is -0.147. The van der Waals surface area contributed by atoms with Crippen LogP contribution in [0.1, 0.15) is 5.56 Å². The van der Waals surface area contributed by atoms with Gasteiger partial charge in [0, 0.05) is 10.7 Å². The molecule has 0 saturated heterocycles. The number of hydrogen-bond donors (Lipinski definition) is 3. The van der Waals surface area contributed by atoms with Gasteiger partial charge in [0.25, 0.3) is 5.71 Å². The molecule has 0 fully saturated rings. The summed E-state index contributed by atoms with van der Waals surface area (Å²) in [5, 5.41) is 14.3. The van der Waals surface area contributed by atoms with E-state index in [-0.39, 0.29) is 17.0 Å². The van der Waals surface area contributed by atoms with Crippen molar-refractivity contribution < 1.29 is 15.3 Å². The zero-order chi connectivity index (χ0) is 10.0. The molecule has 0 aliphatic heterocycles. The first kappa shape index (κ1) is 9.54. The fourth-order valence-corrected chi connectivity index (χ4v) is 1.07. The lowest BCUT2D eigenvalue weighted by Crippen LogP contribution is -2.45. The summed E-state index contributed by atoms with van der Waals surface area (Å²) in [7, 11) is 0. The van der Waals surface area contributed by atoms with Crippen molar-refractivity contribution in [1.29, 1.82) is 0 Å². The third-order valence-electron chi connectivity index (χ3n) is 1.53. The van der Waals surface area contributed by atoms with E-state index >= 15 is 0 Å². The van der Waals surface area contributed by atoms with Gasteiger partial charge in [-0.15, -0.1) is 0 Å². The molecule has 68 valence electrons. The van der Waals surface area contributed by atoms with Crippen LogP contribution in [0.3, 0.4) is 0 Å². The molecule has 0 amide bonds. The van der Waals surface area contributed by atoms with Crippen LogP contribution in [-0.4, -0.2) is 16.8 Å². The summed E-state index contributed by atoms with van der Waals surface area (Å²) in [5.41, 5.74) is 5.77. The fourth-order valence-electron chi connectivity index (χ4n) is 0.894. The average molecular weight is 200 g/mol. The Kier molecular flexibility index (Phi) is 2.53. The van der Waals surface area contributed by atoms with Crippen LogP contribution in [-0.2, 0) is 4.79 Å². The van der Waals surface area contributed by atoms with Crippen LogP contribution in [0.25, 0.3) is 0 Å². The number of nitrogens with two attached hydrogens (primary N) is 2. The molecule has 0 radical (unpaired) electrons. The second-order valence-corrected chi connectivity index (χ2v) is 2.89. The molecule has 0 aliphatic rings. The number of hydrogen-bond acceptors (Lipinski definition) is 2.